The van der Waals surface area contributed by atoms with Gasteiger partial charge in [-0.3, -0.25) is 20.3 Å². The summed E-state index contributed by atoms with van der Waals surface area (Å²) < 4.78 is 0. The third kappa shape index (κ3) is 3.60. The quantitative estimate of drug-likeness (QED) is 0.521. The molecule has 0 radical (unpaired) electrons. The maximum absolute atomic E-state index is 11.7. The van der Waals surface area contributed by atoms with Crippen LogP contribution in [0.3, 0.4) is 0 Å². The Kier molecular flexibility index (Phi) is 4.55. The first kappa shape index (κ1) is 15.7. The number of benzene rings is 1. The monoisotopic (exact) mass is 325 g/mol. The minimum Gasteiger partial charge on any atom is -0.290 e. The second-order valence-corrected chi connectivity index (χ2v) is 5.45. The Balaban J connectivity index is 1.61. The van der Waals surface area contributed by atoms with Crippen molar-refractivity contribution >= 4 is 11.6 Å². The lowest BCUT2D eigenvalue weighted by Gasteiger charge is -2.11. The first-order chi connectivity index (χ1) is 11.6. The van der Waals surface area contributed by atoms with Crippen LogP contribution in [0.25, 0.3) is 0 Å². The van der Waals surface area contributed by atoms with Gasteiger partial charge in [0.1, 0.15) is 6.04 Å². The Morgan fingerprint density at radius 1 is 1.29 bits per heavy atom. The number of hydrogen-bond acceptors (Lipinski definition) is 6. The van der Waals surface area contributed by atoms with E-state index < -0.39 is 11.0 Å². The SMILES string of the molecule is O=C1C=C[C@H]([N+](=O)[O-])CC1=CN/N=C1/C[C@H](c2ccccc2)N=N1. The third-order valence-electron chi connectivity index (χ3n) is 3.79. The summed E-state index contributed by atoms with van der Waals surface area (Å²) in [4.78, 5) is 22.1. The summed E-state index contributed by atoms with van der Waals surface area (Å²) in [7, 11) is 0. The lowest BCUT2D eigenvalue weighted by atomic mass is 9.97. The van der Waals surface area contributed by atoms with Gasteiger partial charge in [-0.15, -0.1) is 5.11 Å². The Morgan fingerprint density at radius 2 is 2.08 bits per heavy atom. The maximum Gasteiger partial charge on any atom is 0.235 e. The highest BCUT2D eigenvalue weighted by atomic mass is 16.6. The fourth-order valence-corrected chi connectivity index (χ4v) is 2.48. The van der Waals surface area contributed by atoms with E-state index in [2.05, 4.69) is 20.8 Å². The molecule has 0 saturated heterocycles. The molecule has 1 aliphatic carbocycles. The van der Waals surface area contributed by atoms with Gasteiger partial charge in [-0.25, -0.2) is 0 Å². The van der Waals surface area contributed by atoms with E-state index in [1.807, 2.05) is 30.3 Å². The van der Waals surface area contributed by atoms with Gasteiger partial charge in [0, 0.05) is 29.5 Å². The van der Waals surface area contributed by atoms with E-state index >= 15 is 0 Å². The summed E-state index contributed by atoms with van der Waals surface area (Å²) >= 11 is 0. The largest absolute Gasteiger partial charge is 0.290 e. The standard InChI is InChI=1S/C16H15N5O3/c22-15-7-6-13(21(23)24)8-12(15)10-17-19-16-9-14(18-20-16)11-4-2-1-3-5-11/h1-7,10,13-14,17H,8-9H2/b12-10?,19-16-/t13-,14+/m0/s1. The first-order valence-electron chi connectivity index (χ1n) is 7.46. The molecule has 1 aromatic carbocycles. The molecule has 122 valence electrons. The van der Waals surface area contributed by atoms with E-state index in [4.69, 9.17) is 0 Å². The first-order valence-corrected chi connectivity index (χ1v) is 7.46. The van der Waals surface area contributed by atoms with Gasteiger partial charge in [-0.05, 0) is 17.7 Å². The Labute approximate surface area is 137 Å². The Bertz CT molecular complexity index is 767. The molecule has 8 nitrogen and oxygen atoms in total. The predicted molar refractivity (Wildman–Crippen MR) is 86.9 cm³/mol. The van der Waals surface area contributed by atoms with Crippen molar-refractivity contribution in [3.63, 3.8) is 0 Å². The van der Waals surface area contributed by atoms with Crippen LogP contribution >= 0.6 is 0 Å². The number of ketones is 1. The molecule has 2 atom stereocenters. The van der Waals surface area contributed by atoms with Crippen molar-refractivity contribution in [2.45, 2.75) is 24.9 Å². The number of carbonyl (C=O) groups excluding carboxylic acids is 1. The van der Waals surface area contributed by atoms with E-state index in [-0.39, 0.29) is 18.2 Å². The van der Waals surface area contributed by atoms with Crippen molar-refractivity contribution in [2.24, 2.45) is 15.3 Å². The summed E-state index contributed by atoms with van der Waals surface area (Å²) in [6.45, 7) is 0. The van der Waals surface area contributed by atoms with Crippen LogP contribution in [0.5, 0.6) is 0 Å². The highest BCUT2D eigenvalue weighted by Gasteiger charge is 2.26. The summed E-state index contributed by atoms with van der Waals surface area (Å²) in [5, 5.41) is 23.1. The zero-order chi connectivity index (χ0) is 16.9. The number of amidine groups is 1. The molecule has 24 heavy (non-hydrogen) atoms. The Morgan fingerprint density at radius 3 is 2.83 bits per heavy atom. The zero-order valence-corrected chi connectivity index (χ0v) is 12.7. The van der Waals surface area contributed by atoms with Gasteiger partial charge in [0.25, 0.3) is 0 Å². The van der Waals surface area contributed by atoms with Crippen LogP contribution in [-0.4, -0.2) is 22.6 Å². The lowest BCUT2D eigenvalue weighted by molar-refractivity contribution is -0.508. The number of azo groups is 1. The van der Waals surface area contributed by atoms with Crippen molar-refractivity contribution in [2.75, 3.05) is 0 Å². The highest BCUT2D eigenvalue weighted by molar-refractivity contribution is 6.04. The third-order valence-corrected chi connectivity index (χ3v) is 3.79. The molecule has 2 aliphatic rings. The van der Waals surface area contributed by atoms with Crippen molar-refractivity contribution in [3.8, 4) is 0 Å². The van der Waals surface area contributed by atoms with Crippen LogP contribution in [0.4, 0.5) is 0 Å². The molecule has 3 rings (SSSR count). The molecular weight excluding hydrogens is 310 g/mol. The second-order valence-electron chi connectivity index (χ2n) is 5.45. The van der Waals surface area contributed by atoms with Crippen LogP contribution in [0.15, 0.2) is 69.6 Å². The number of allylic oxidation sites excluding steroid dienone is 1. The fourth-order valence-electron chi connectivity index (χ4n) is 2.48. The van der Waals surface area contributed by atoms with Gasteiger partial charge < -0.3 is 0 Å². The number of nitrogens with one attached hydrogen (secondary N) is 1. The molecule has 0 fully saturated rings. The smallest absolute Gasteiger partial charge is 0.235 e. The summed E-state index contributed by atoms with van der Waals surface area (Å²) in [5.41, 5.74) is 4.03. The summed E-state index contributed by atoms with van der Waals surface area (Å²) in [5.74, 6) is 0.265. The Hall–Kier alpha value is -3.16. The van der Waals surface area contributed by atoms with Crippen molar-refractivity contribution in [3.05, 3.63) is 69.9 Å². The van der Waals surface area contributed by atoms with Crippen LogP contribution in [0.1, 0.15) is 24.4 Å². The van der Waals surface area contributed by atoms with Gasteiger partial charge in [0.2, 0.25) is 6.04 Å². The minimum atomic E-state index is -0.878. The summed E-state index contributed by atoms with van der Waals surface area (Å²) in [6, 6.07) is 8.84. The average Bonchev–Trinajstić information content (AvgIpc) is 3.06. The molecule has 1 aliphatic heterocycles. The van der Waals surface area contributed by atoms with E-state index in [0.717, 1.165) is 5.56 Å². The molecular formula is C16H15N5O3. The van der Waals surface area contributed by atoms with Gasteiger partial charge >= 0.3 is 0 Å². The van der Waals surface area contributed by atoms with Crippen LogP contribution < -0.4 is 5.43 Å². The zero-order valence-electron chi connectivity index (χ0n) is 12.7. The molecule has 0 unspecified atom stereocenters. The molecule has 0 saturated carbocycles. The van der Waals surface area contributed by atoms with Gasteiger partial charge in [-0.2, -0.15) is 10.2 Å². The van der Waals surface area contributed by atoms with Gasteiger partial charge in [0.05, 0.1) is 0 Å². The van der Waals surface area contributed by atoms with E-state index in [1.54, 1.807) is 0 Å². The lowest BCUT2D eigenvalue weighted by Crippen LogP contribution is -2.24. The second kappa shape index (κ2) is 6.95. The fraction of sp³-hybridized carbons (Fsp3) is 0.250. The minimum absolute atomic E-state index is 0.0499. The van der Waals surface area contributed by atoms with E-state index in [0.29, 0.717) is 17.8 Å². The van der Waals surface area contributed by atoms with Crippen molar-refractivity contribution in [1.82, 2.24) is 5.43 Å². The molecule has 1 N–H and O–H groups in total. The van der Waals surface area contributed by atoms with Gasteiger partial charge in [-0.1, -0.05) is 30.3 Å². The molecule has 0 amide bonds. The van der Waals surface area contributed by atoms with Crippen LogP contribution in [0.2, 0.25) is 0 Å². The molecule has 1 aromatic rings. The molecule has 0 aromatic heterocycles. The van der Waals surface area contributed by atoms with Crippen molar-refractivity contribution in [1.29, 1.82) is 0 Å². The predicted octanol–water partition coefficient (Wildman–Crippen LogP) is 2.54. The van der Waals surface area contributed by atoms with E-state index in [1.165, 1.54) is 18.4 Å². The topological polar surface area (TPSA) is 109 Å². The van der Waals surface area contributed by atoms with Gasteiger partial charge in [0.15, 0.2) is 11.6 Å². The number of hydrazone groups is 1. The maximum atomic E-state index is 11.7. The van der Waals surface area contributed by atoms with Crippen LogP contribution in [0, 0.1) is 10.1 Å². The van der Waals surface area contributed by atoms with Crippen molar-refractivity contribution < 1.29 is 9.72 Å². The molecule has 0 spiro atoms. The molecule has 0 bridgehead atoms. The number of hydrogen-bond donors (Lipinski definition) is 1. The molecule has 8 heteroatoms. The highest BCUT2D eigenvalue weighted by Crippen LogP contribution is 2.27. The normalized spacial score (nSPS) is 26.2. The van der Waals surface area contributed by atoms with E-state index in [9.17, 15) is 14.9 Å². The van der Waals surface area contributed by atoms with Crippen LogP contribution in [-0.2, 0) is 4.79 Å². The number of carbonyl (C=O) groups is 1. The molecule has 1 heterocycles. The summed E-state index contributed by atoms with van der Waals surface area (Å²) in [6.07, 6.45) is 4.53. The number of nitrogens with zero attached hydrogens (tertiary/aromatic N) is 4. The number of rotatable bonds is 4. The number of nitro groups is 1. The average molecular weight is 325 g/mol.